The molecule has 1 saturated heterocycles. The standard InChI is InChI=1S/C30H32N4O2S/c1-21-7-8-22(17-28(21)30-32-19-29(33-30)24-6-3-12-31-18-24)16-23-4-2-5-25-20-34(13-9-27(23)25)26-10-14-37(35,36)15-11-26/h2-8,12,17-19,26H,9-11,13-16,20H2,1H3,(H,32,33). The molecule has 0 amide bonds. The number of H-pyrrole nitrogens is 1. The van der Waals surface area contributed by atoms with Crippen LogP contribution in [0.15, 0.2) is 67.1 Å². The van der Waals surface area contributed by atoms with Crippen LogP contribution in [-0.4, -0.2) is 52.4 Å². The molecule has 4 aromatic rings. The molecule has 6 rings (SSSR count). The summed E-state index contributed by atoms with van der Waals surface area (Å²) in [6, 6.07) is 17.7. The minimum atomic E-state index is -2.83. The molecule has 1 N–H and O–H groups in total. The van der Waals surface area contributed by atoms with Crippen LogP contribution in [0.25, 0.3) is 22.6 Å². The van der Waals surface area contributed by atoms with Gasteiger partial charge in [0, 0.05) is 42.7 Å². The largest absolute Gasteiger partial charge is 0.338 e. The Morgan fingerprint density at radius 3 is 2.73 bits per heavy atom. The molecule has 0 unspecified atom stereocenters. The molecular weight excluding hydrogens is 480 g/mol. The van der Waals surface area contributed by atoms with Gasteiger partial charge in [-0.25, -0.2) is 13.4 Å². The van der Waals surface area contributed by atoms with Crippen molar-refractivity contribution in [1.29, 1.82) is 0 Å². The smallest absolute Gasteiger partial charge is 0.150 e. The SMILES string of the molecule is Cc1ccc(Cc2cccc3c2CCN(C2CCS(=O)(=O)CC2)C3)cc1-c1ncc(-c2cccnc2)[nH]1. The van der Waals surface area contributed by atoms with Crippen molar-refractivity contribution in [2.24, 2.45) is 0 Å². The summed E-state index contributed by atoms with van der Waals surface area (Å²) in [7, 11) is -2.83. The van der Waals surface area contributed by atoms with E-state index in [1.165, 1.54) is 27.8 Å². The quantitative estimate of drug-likeness (QED) is 0.408. The minimum absolute atomic E-state index is 0.330. The Morgan fingerprint density at radius 1 is 1.05 bits per heavy atom. The number of benzene rings is 2. The fraction of sp³-hybridized carbons (Fsp3) is 0.333. The molecular formula is C30H32N4O2S. The summed E-state index contributed by atoms with van der Waals surface area (Å²) in [5, 5.41) is 0. The van der Waals surface area contributed by atoms with Crippen LogP contribution in [0, 0.1) is 6.92 Å². The summed E-state index contributed by atoms with van der Waals surface area (Å²) in [4.78, 5) is 14.9. The molecule has 1 fully saturated rings. The van der Waals surface area contributed by atoms with Crippen LogP contribution in [0.5, 0.6) is 0 Å². The van der Waals surface area contributed by atoms with E-state index in [0.29, 0.717) is 17.5 Å². The fourth-order valence-corrected chi connectivity index (χ4v) is 7.28. The Kier molecular flexibility index (Phi) is 6.42. The second kappa shape index (κ2) is 9.88. The summed E-state index contributed by atoms with van der Waals surface area (Å²) in [5.41, 5.74) is 9.80. The van der Waals surface area contributed by atoms with Crippen molar-refractivity contribution in [3.8, 4) is 22.6 Å². The van der Waals surface area contributed by atoms with Gasteiger partial charge in [-0.15, -0.1) is 0 Å². The lowest BCUT2D eigenvalue weighted by molar-refractivity contribution is 0.166. The van der Waals surface area contributed by atoms with Crippen molar-refractivity contribution in [1.82, 2.24) is 19.9 Å². The van der Waals surface area contributed by atoms with E-state index in [1.54, 1.807) is 6.20 Å². The molecule has 0 bridgehead atoms. The zero-order valence-electron chi connectivity index (χ0n) is 21.2. The number of nitrogens with one attached hydrogen (secondary N) is 1. The third-order valence-corrected chi connectivity index (χ3v) is 9.65. The third kappa shape index (κ3) is 5.11. The van der Waals surface area contributed by atoms with Crippen molar-refractivity contribution in [2.75, 3.05) is 18.1 Å². The van der Waals surface area contributed by atoms with Crippen molar-refractivity contribution < 1.29 is 8.42 Å². The summed E-state index contributed by atoms with van der Waals surface area (Å²) in [6.45, 7) is 4.04. The maximum Gasteiger partial charge on any atom is 0.150 e. The van der Waals surface area contributed by atoms with E-state index in [4.69, 9.17) is 0 Å². The van der Waals surface area contributed by atoms with Gasteiger partial charge in [-0.3, -0.25) is 9.88 Å². The van der Waals surface area contributed by atoms with E-state index >= 15 is 0 Å². The maximum absolute atomic E-state index is 11.9. The monoisotopic (exact) mass is 512 g/mol. The van der Waals surface area contributed by atoms with Crippen LogP contribution < -0.4 is 0 Å². The Bertz CT molecular complexity index is 1510. The zero-order valence-corrected chi connectivity index (χ0v) is 22.0. The van der Waals surface area contributed by atoms with Crippen LogP contribution in [0.1, 0.15) is 40.7 Å². The lowest BCUT2D eigenvalue weighted by Gasteiger charge is -2.38. The normalized spacial score (nSPS) is 18.0. The van der Waals surface area contributed by atoms with E-state index in [2.05, 4.69) is 63.2 Å². The second-order valence-corrected chi connectivity index (χ2v) is 12.7. The molecule has 2 aromatic heterocycles. The molecule has 2 aliphatic heterocycles. The van der Waals surface area contributed by atoms with Gasteiger partial charge in [0.05, 0.1) is 23.4 Å². The Morgan fingerprint density at radius 2 is 1.92 bits per heavy atom. The molecule has 6 nitrogen and oxygen atoms in total. The molecule has 0 aliphatic carbocycles. The fourth-order valence-electron chi connectivity index (χ4n) is 5.81. The first-order valence-electron chi connectivity index (χ1n) is 13.0. The molecule has 7 heteroatoms. The van der Waals surface area contributed by atoms with Crippen LogP contribution in [-0.2, 0) is 29.2 Å². The number of pyridine rings is 1. The second-order valence-electron chi connectivity index (χ2n) is 10.4. The molecule has 0 saturated carbocycles. The van der Waals surface area contributed by atoms with Gasteiger partial charge in [0.1, 0.15) is 15.7 Å². The van der Waals surface area contributed by atoms with Crippen molar-refractivity contribution in [3.63, 3.8) is 0 Å². The number of nitrogens with zero attached hydrogens (tertiary/aromatic N) is 3. The van der Waals surface area contributed by atoms with Crippen molar-refractivity contribution in [3.05, 3.63) is 94.9 Å². The number of fused-ring (bicyclic) bond motifs is 1. The van der Waals surface area contributed by atoms with Gasteiger partial charge in [-0.2, -0.15) is 0 Å². The average molecular weight is 513 g/mol. The van der Waals surface area contributed by atoms with Crippen LogP contribution in [0.4, 0.5) is 0 Å². The zero-order chi connectivity index (χ0) is 25.4. The molecule has 37 heavy (non-hydrogen) atoms. The van der Waals surface area contributed by atoms with Crippen molar-refractivity contribution in [2.45, 2.75) is 45.2 Å². The molecule has 0 spiro atoms. The molecule has 190 valence electrons. The molecule has 0 radical (unpaired) electrons. The predicted molar refractivity (Wildman–Crippen MR) is 147 cm³/mol. The molecule has 4 heterocycles. The minimum Gasteiger partial charge on any atom is -0.338 e. The predicted octanol–water partition coefficient (Wildman–Crippen LogP) is 4.97. The number of aromatic nitrogens is 3. The van der Waals surface area contributed by atoms with E-state index in [9.17, 15) is 8.42 Å². The lowest BCUT2D eigenvalue weighted by atomic mass is 9.89. The summed E-state index contributed by atoms with van der Waals surface area (Å²) in [5.74, 6) is 1.53. The van der Waals surface area contributed by atoms with Gasteiger partial charge < -0.3 is 4.98 Å². The number of aryl methyl sites for hydroxylation is 1. The van der Waals surface area contributed by atoms with Gasteiger partial charge in [-0.1, -0.05) is 30.3 Å². The number of hydrogen-bond acceptors (Lipinski definition) is 5. The first-order chi connectivity index (χ1) is 17.9. The van der Waals surface area contributed by atoms with Gasteiger partial charge in [0.25, 0.3) is 0 Å². The number of aromatic amines is 1. The highest BCUT2D eigenvalue weighted by Gasteiger charge is 2.30. The Hall–Kier alpha value is -3.29. The van der Waals surface area contributed by atoms with Crippen molar-refractivity contribution >= 4 is 9.84 Å². The van der Waals surface area contributed by atoms with Crippen LogP contribution in [0.2, 0.25) is 0 Å². The number of imidazole rings is 1. The maximum atomic E-state index is 11.9. The Labute approximate surface area is 218 Å². The average Bonchev–Trinajstić information content (AvgIpc) is 3.40. The Balaban J connectivity index is 1.21. The first-order valence-corrected chi connectivity index (χ1v) is 14.9. The van der Waals surface area contributed by atoms with Crippen LogP contribution >= 0.6 is 0 Å². The topological polar surface area (TPSA) is 79.0 Å². The summed E-state index contributed by atoms with van der Waals surface area (Å²) >= 11 is 0. The highest BCUT2D eigenvalue weighted by molar-refractivity contribution is 7.91. The highest BCUT2D eigenvalue weighted by atomic mass is 32.2. The number of hydrogen-bond donors (Lipinski definition) is 1. The van der Waals surface area contributed by atoms with Gasteiger partial charge >= 0.3 is 0 Å². The van der Waals surface area contributed by atoms with E-state index in [1.807, 2.05) is 24.5 Å². The number of rotatable bonds is 5. The number of sulfone groups is 1. The van der Waals surface area contributed by atoms with Crippen LogP contribution in [0.3, 0.4) is 0 Å². The van der Waals surface area contributed by atoms with E-state index < -0.39 is 9.84 Å². The van der Waals surface area contributed by atoms with E-state index in [-0.39, 0.29) is 0 Å². The van der Waals surface area contributed by atoms with Gasteiger partial charge in [0.2, 0.25) is 0 Å². The van der Waals surface area contributed by atoms with Gasteiger partial charge in [-0.05, 0) is 78.6 Å². The van der Waals surface area contributed by atoms with E-state index in [0.717, 1.165) is 61.4 Å². The lowest BCUT2D eigenvalue weighted by Crippen LogP contribution is -2.43. The summed E-state index contributed by atoms with van der Waals surface area (Å²) < 4.78 is 23.7. The summed E-state index contributed by atoms with van der Waals surface area (Å²) in [6.07, 6.45) is 8.92. The molecule has 2 aromatic carbocycles. The first kappa shape index (κ1) is 24.1. The third-order valence-electron chi connectivity index (χ3n) is 7.93. The molecule has 0 atom stereocenters. The molecule has 2 aliphatic rings. The van der Waals surface area contributed by atoms with Gasteiger partial charge in [0.15, 0.2) is 0 Å². The highest BCUT2D eigenvalue weighted by Crippen LogP contribution is 2.30.